The van der Waals surface area contributed by atoms with E-state index < -0.39 is 0 Å². The lowest BCUT2D eigenvalue weighted by molar-refractivity contribution is 0.0264. The third-order valence-corrected chi connectivity index (χ3v) is 3.76. The smallest absolute Gasteiger partial charge is 0.195 e. The molecule has 0 aliphatic heterocycles. The van der Waals surface area contributed by atoms with E-state index in [2.05, 4.69) is 14.8 Å². The largest absolute Gasteiger partial charge is 0.378 e. The van der Waals surface area contributed by atoms with Crippen molar-refractivity contribution in [3.8, 4) is 0 Å². The Morgan fingerprint density at radius 2 is 1.57 bits per heavy atom. The summed E-state index contributed by atoms with van der Waals surface area (Å²) in [6.07, 6.45) is 10.8. The minimum absolute atomic E-state index is 0. The molecule has 0 atom stereocenters. The second-order valence-electron chi connectivity index (χ2n) is 6.16. The molecule has 21 heavy (non-hydrogen) atoms. The normalized spacial score (nSPS) is 15.2. The Hall–Kier alpha value is -0.0400. The van der Waals surface area contributed by atoms with Crippen molar-refractivity contribution in [1.29, 1.82) is 0 Å². The molecule has 0 aromatic rings. The average molecular weight is 411 g/mol. The molecule has 0 heterocycles. The van der Waals surface area contributed by atoms with Crippen molar-refractivity contribution in [3.63, 3.8) is 0 Å². The third-order valence-electron chi connectivity index (χ3n) is 3.76. The van der Waals surface area contributed by atoms with Crippen LogP contribution in [0.15, 0.2) is 4.99 Å². The van der Waals surface area contributed by atoms with Gasteiger partial charge in [0.1, 0.15) is 0 Å². The van der Waals surface area contributed by atoms with Gasteiger partial charge in [-0.2, -0.15) is 0 Å². The summed E-state index contributed by atoms with van der Waals surface area (Å²) in [5.41, 5.74) is 0. The molecule has 1 aliphatic rings. The minimum atomic E-state index is 0. The number of unbranched alkanes of at least 4 members (excludes halogenated alkanes) is 2. The van der Waals surface area contributed by atoms with E-state index in [1.54, 1.807) is 0 Å². The maximum absolute atomic E-state index is 5.93. The second kappa shape index (κ2) is 12.5. The number of rotatable bonds is 7. The van der Waals surface area contributed by atoms with Gasteiger partial charge in [0.25, 0.3) is 0 Å². The van der Waals surface area contributed by atoms with Crippen LogP contribution in [-0.2, 0) is 4.74 Å². The SMILES string of the molecule is CN(C)C(=NCCCCCOC1CCCCC1)N(C)C.I. The summed E-state index contributed by atoms with van der Waals surface area (Å²) in [6, 6.07) is 0. The Bertz CT molecular complexity index is 267. The summed E-state index contributed by atoms with van der Waals surface area (Å²) in [5.74, 6) is 1.04. The number of halogens is 1. The third kappa shape index (κ3) is 9.55. The zero-order valence-electron chi connectivity index (χ0n) is 14.3. The van der Waals surface area contributed by atoms with E-state index in [9.17, 15) is 0 Å². The first-order valence-corrected chi connectivity index (χ1v) is 8.12. The molecular formula is C16H34IN3O. The van der Waals surface area contributed by atoms with Crippen molar-refractivity contribution in [2.75, 3.05) is 41.3 Å². The van der Waals surface area contributed by atoms with Crippen LogP contribution in [0.25, 0.3) is 0 Å². The summed E-state index contributed by atoms with van der Waals surface area (Å²) in [4.78, 5) is 8.76. The molecule has 5 heteroatoms. The molecule has 0 aromatic heterocycles. The van der Waals surface area contributed by atoms with Crippen LogP contribution in [0.5, 0.6) is 0 Å². The number of guanidine groups is 1. The van der Waals surface area contributed by atoms with Gasteiger partial charge in [0.2, 0.25) is 0 Å². The highest BCUT2D eigenvalue weighted by atomic mass is 127. The lowest BCUT2D eigenvalue weighted by atomic mass is 9.98. The lowest BCUT2D eigenvalue weighted by Gasteiger charge is -2.22. The van der Waals surface area contributed by atoms with Gasteiger partial charge in [0.05, 0.1) is 6.10 Å². The maximum atomic E-state index is 5.93. The Morgan fingerprint density at radius 3 is 2.14 bits per heavy atom. The molecule has 0 N–H and O–H groups in total. The van der Waals surface area contributed by atoms with Gasteiger partial charge in [-0.25, -0.2) is 0 Å². The molecule has 0 bridgehead atoms. The van der Waals surface area contributed by atoms with Crippen molar-refractivity contribution in [1.82, 2.24) is 9.80 Å². The molecule has 1 saturated carbocycles. The Balaban J connectivity index is 0.00000400. The number of nitrogens with zero attached hydrogens (tertiary/aromatic N) is 3. The highest BCUT2D eigenvalue weighted by molar-refractivity contribution is 14.0. The van der Waals surface area contributed by atoms with E-state index in [-0.39, 0.29) is 24.0 Å². The van der Waals surface area contributed by atoms with Crippen LogP contribution in [0.1, 0.15) is 51.4 Å². The van der Waals surface area contributed by atoms with Crippen LogP contribution in [0.2, 0.25) is 0 Å². The first-order chi connectivity index (χ1) is 9.61. The van der Waals surface area contributed by atoms with Crippen molar-refractivity contribution in [2.24, 2.45) is 4.99 Å². The topological polar surface area (TPSA) is 28.1 Å². The molecule has 1 fully saturated rings. The van der Waals surface area contributed by atoms with Gasteiger partial charge < -0.3 is 14.5 Å². The van der Waals surface area contributed by atoms with Crippen LogP contribution in [-0.4, -0.2) is 63.2 Å². The molecule has 4 nitrogen and oxygen atoms in total. The van der Waals surface area contributed by atoms with E-state index in [1.807, 2.05) is 28.2 Å². The van der Waals surface area contributed by atoms with Crippen molar-refractivity contribution in [3.05, 3.63) is 0 Å². The fourth-order valence-corrected chi connectivity index (χ4v) is 2.73. The molecule has 0 spiro atoms. The van der Waals surface area contributed by atoms with E-state index in [0.717, 1.165) is 25.5 Å². The molecule has 1 aliphatic carbocycles. The van der Waals surface area contributed by atoms with E-state index in [1.165, 1.54) is 44.9 Å². The fourth-order valence-electron chi connectivity index (χ4n) is 2.73. The van der Waals surface area contributed by atoms with Gasteiger partial charge in [-0.15, -0.1) is 24.0 Å². The molecule has 0 aromatic carbocycles. The number of aliphatic imine (C=N–C) groups is 1. The van der Waals surface area contributed by atoms with Gasteiger partial charge in [0.15, 0.2) is 5.96 Å². The second-order valence-corrected chi connectivity index (χ2v) is 6.16. The van der Waals surface area contributed by atoms with E-state index in [0.29, 0.717) is 6.10 Å². The van der Waals surface area contributed by atoms with Gasteiger partial charge in [-0.05, 0) is 32.1 Å². The first kappa shape index (κ1) is 21.0. The zero-order chi connectivity index (χ0) is 14.8. The summed E-state index contributed by atoms with van der Waals surface area (Å²) < 4.78 is 5.93. The monoisotopic (exact) mass is 411 g/mol. The van der Waals surface area contributed by atoms with Crippen LogP contribution >= 0.6 is 24.0 Å². The van der Waals surface area contributed by atoms with Crippen molar-refractivity contribution in [2.45, 2.75) is 57.5 Å². The minimum Gasteiger partial charge on any atom is -0.378 e. The van der Waals surface area contributed by atoms with Crippen molar-refractivity contribution >= 4 is 29.9 Å². The van der Waals surface area contributed by atoms with Crippen LogP contribution in [0.4, 0.5) is 0 Å². The molecule has 0 saturated heterocycles. The maximum Gasteiger partial charge on any atom is 0.195 e. The van der Waals surface area contributed by atoms with Gasteiger partial charge in [-0.1, -0.05) is 19.3 Å². The predicted octanol–water partition coefficient (Wildman–Crippen LogP) is 3.60. The fraction of sp³-hybridized carbons (Fsp3) is 0.938. The quantitative estimate of drug-likeness (QED) is 0.277. The predicted molar refractivity (Wildman–Crippen MR) is 102 cm³/mol. The Morgan fingerprint density at radius 1 is 0.952 bits per heavy atom. The first-order valence-electron chi connectivity index (χ1n) is 8.12. The van der Waals surface area contributed by atoms with E-state index >= 15 is 0 Å². The molecule has 0 amide bonds. The summed E-state index contributed by atoms with van der Waals surface area (Å²) in [6.45, 7) is 1.84. The molecular weight excluding hydrogens is 377 g/mol. The van der Waals surface area contributed by atoms with Gasteiger partial charge in [0, 0.05) is 41.3 Å². The molecule has 126 valence electrons. The molecule has 0 unspecified atom stereocenters. The van der Waals surface area contributed by atoms with Crippen LogP contribution in [0, 0.1) is 0 Å². The Labute approximate surface area is 148 Å². The summed E-state index contributed by atoms with van der Waals surface area (Å²) >= 11 is 0. The van der Waals surface area contributed by atoms with Crippen molar-refractivity contribution < 1.29 is 4.74 Å². The lowest BCUT2D eigenvalue weighted by Crippen LogP contribution is -2.35. The highest BCUT2D eigenvalue weighted by Crippen LogP contribution is 2.20. The molecule has 0 radical (unpaired) electrons. The number of hydrogen-bond donors (Lipinski definition) is 0. The van der Waals surface area contributed by atoms with Crippen LogP contribution in [0.3, 0.4) is 0 Å². The van der Waals surface area contributed by atoms with Gasteiger partial charge in [-0.3, -0.25) is 4.99 Å². The van der Waals surface area contributed by atoms with E-state index in [4.69, 9.17) is 4.74 Å². The number of hydrogen-bond acceptors (Lipinski definition) is 2. The Kier molecular flexibility index (Phi) is 12.5. The zero-order valence-corrected chi connectivity index (χ0v) is 16.6. The van der Waals surface area contributed by atoms with Gasteiger partial charge >= 0.3 is 0 Å². The summed E-state index contributed by atoms with van der Waals surface area (Å²) in [5, 5.41) is 0. The summed E-state index contributed by atoms with van der Waals surface area (Å²) in [7, 11) is 8.15. The average Bonchev–Trinajstić information content (AvgIpc) is 2.42. The highest BCUT2D eigenvalue weighted by Gasteiger charge is 2.12. The molecule has 1 rings (SSSR count). The van der Waals surface area contributed by atoms with Crippen LogP contribution < -0.4 is 0 Å². The standard InChI is InChI=1S/C16H33N3O.HI/c1-18(2)16(19(3)4)17-13-9-6-10-14-20-15-11-7-5-8-12-15;/h15H,5-14H2,1-4H3;1H. The number of ether oxygens (including phenoxy) is 1.